The van der Waals surface area contributed by atoms with Gasteiger partial charge in [0, 0.05) is 0 Å². The molecule has 0 aliphatic rings. The van der Waals surface area contributed by atoms with Crippen LogP contribution in [0.2, 0.25) is 0 Å². The summed E-state index contributed by atoms with van der Waals surface area (Å²) < 4.78 is 0. The summed E-state index contributed by atoms with van der Waals surface area (Å²) in [6.07, 6.45) is 0.914. The highest BCUT2D eigenvalue weighted by Gasteiger charge is 2.17. The highest BCUT2D eigenvalue weighted by Crippen LogP contribution is 2.02. The number of primary amides is 1. The van der Waals surface area contributed by atoms with Crippen molar-refractivity contribution in [2.75, 3.05) is 6.54 Å². The average Bonchev–Trinajstić information content (AvgIpc) is 2.24. The highest BCUT2D eigenvalue weighted by atomic mass is 16.1. The minimum absolute atomic E-state index is 0.230. The normalized spacial score (nSPS) is 12.7. The van der Waals surface area contributed by atoms with Gasteiger partial charge in [-0.25, -0.2) is 0 Å². The Kier molecular flexibility index (Phi) is 4.99. The van der Waals surface area contributed by atoms with Crippen molar-refractivity contribution in [3.63, 3.8) is 0 Å². The molecule has 0 radical (unpaired) electrons. The Labute approximate surface area is 97.0 Å². The molecule has 1 aromatic carbocycles. The van der Waals surface area contributed by atoms with Crippen LogP contribution >= 0.6 is 0 Å². The van der Waals surface area contributed by atoms with Crippen molar-refractivity contribution in [1.29, 1.82) is 0 Å². The number of nitrogens with two attached hydrogens (primary N) is 1. The van der Waals surface area contributed by atoms with Gasteiger partial charge in [0.25, 0.3) is 0 Å². The number of rotatable bonds is 6. The first-order valence-electron chi connectivity index (χ1n) is 5.68. The maximum atomic E-state index is 11.1. The fourth-order valence-electron chi connectivity index (χ4n) is 1.68. The van der Waals surface area contributed by atoms with Crippen LogP contribution in [0.4, 0.5) is 0 Å². The number of hydrogen-bond donors (Lipinski definition) is 2. The smallest absolute Gasteiger partial charge is 0.234 e. The molecule has 0 aromatic heterocycles. The Morgan fingerprint density at radius 3 is 2.44 bits per heavy atom. The number of nitrogens with one attached hydrogen (secondary N) is 1. The molecule has 0 spiro atoms. The van der Waals surface area contributed by atoms with Gasteiger partial charge in [-0.05, 0) is 24.4 Å². The minimum Gasteiger partial charge on any atom is -0.368 e. The van der Waals surface area contributed by atoms with Gasteiger partial charge >= 0.3 is 0 Å². The number of amides is 1. The zero-order valence-corrected chi connectivity index (χ0v) is 9.94. The van der Waals surface area contributed by atoms with Crippen LogP contribution in [0.25, 0.3) is 0 Å². The summed E-state index contributed by atoms with van der Waals surface area (Å²) in [7, 11) is 0. The molecule has 3 N–H and O–H groups in total. The molecule has 0 saturated carbocycles. The van der Waals surface area contributed by atoms with Crippen molar-refractivity contribution in [2.45, 2.75) is 26.3 Å². The number of carbonyl (C=O) groups is 1. The fourth-order valence-corrected chi connectivity index (χ4v) is 1.68. The Hall–Kier alpha value is -1.35. The van der Waals surface area contributed by atoms with Crippen molar-refractivity contribution in [3.05, 3.63) is 35.9 Å². The van der Waals surface area contributed by atoms with E-state index < -0.39 is 0 Å². The van der Waals surface area contributed by atoms with Crippen LogP contribution in [0.1, 0.15) is 19.4 Å². The van der Waals surface area contributed by atoms with Gasteiger partial charge in [-0.15, -0.1) is 0 Å². The molecule has 16 heavy (non-hydrogen) atoms. The van der Waals surface area contributed by atoms with E-state index in [1.54, 1.807) is 0 Å². The number of benzene rings is 1. The zero-order chi connectivity index (χ0) is 12.0. The van der Waals surface area contributed by atoms with E-state index >= 15 is 0 Å². The lowest BCUT2D eigenvalue weighted by Gasteiger charge is -2.18. The number of hydrogen-bond acceptors (Lipinski definition) is 2. The lowest BCUT2D eigenvalue weighted by Crippen LogP contribution is -2.45. The molecule has 3 nitrogen and oxygen atoms in total. The molecule has 0 aliphatic carbocycles. The largest absolute Gasteiger partial charge is 0.368 e. The molecule has 3 heteroatoms. The second-order valence-corrected chi connectivity index (χ2v) is 4.31. The van der Waals surface area contributed by atoms with E-state index in [2.05, 4.69) is 17.4 Å². The molecule has 0 heterocycles. The molecule has 0 unspecified atom stereocenters. The quantitative estimate of drug-likeness (QED) is 0.760. The summed E-state index contributed by atoms with van der Waals surface area (Å²) in [4.78, 5) is 11.1. The van der Waals surface area contributed by atoms with Gasteiger partial charge in [0.05, 0.1) is 6.04 Å². The molecule has 1 aromatic rings. The Bertz CT molecular complexity index is 322. The molecule has 0 bridgehead atoms. The van der Waals surface area contributed by atoms with Crippen molar-refractivity contribution in [2.24, 2.45) is 11.7 Å². The van der Waals surface area contributed by atoms with Crippen LogP contribution < -0.4 is 11.1 Å². The van der Waals surface area contributed by atoms with E-state index in [4.69, 9.17) is 5.73 Å². The standard InChI is InChI=1S/C13H20N2O/c1-10(2)12(13(14)16)15-9-8-11-6-4-3-5-7-11/h3-7,10,12,15H,8-9H2,1-2H3,(H2,14,16)/t12-/m0/s1. The lowest BCUT2D eigenvalue weighted by molar-refractivity contribution is -0.120. The minimum atomic E-state index is -0.275. The first-order chi connectivity index (χ1) is 7.61. The van der Waals surface area contributed by atoms with Crippen molar-refractivity contribution >= 4 is 5.91 Å². The Balaban J connectivity index is 2.37. The molecule has 1 amide bonds. The summed E-state index contributed by atoms with van der Waals surface area (Å²) in [6, 6.07) is 9.96. The van der Waals surface area contributed by atoms with Crippen LogP contribution in [0.3, 0.4) is 0 Å². The number of carbonyl (C=O) groups excluding carboxylic acids is 1. The van der Waals surface area contributed by atoms with E-state index in [1.807, 2.05) is 32.0 Å². The zero-order valence-electron chi connectivity index (χ0n) is 9.94. The molecule has 1 rings (SSSR count). The van der Waals surface area contributed by atoms with Crippen LogP contribution in [-0.2, 0) is 11.2 Å². The van der Waals surface area contributed by atoms with E-state index in [9.17, 15) is 4.79 Å². The molecule has 0 aliphatic heterocycles. The van der Waals surface area contributed by atoms with E-state index in [0.717, 1.165) is 13.0 Å². The van der Waals surface area contributed by atoms with Gasteiger partial charge in [-0.1, -0.05) is 44.2 Å². The van der Waals surface area contributed by atoms with Gasteiger partial charge in [0.15, 0.2) is 0 Å². The predicted octanol–water partition coefficient (Wildman–Crippen LogP) is 1.33. The maximum absolute atomic E-state index is 11.1. The monoisotopic (exact) mass is 220 g/mol. The first-order valence-corrected chi connectivity index (χ1v) is 5.68. The topological polar surface area (TPSA) is 55.1 Å². The van der Waals surface area contributed by atoms with Gasteiger partial charge in [0.1, 0.15) is 0 Å². The van der Waals surface area contributed by atoms with Gasteiger partial charge in [-0.3, -0.25) is 4.79 Å². The van der Waals surface area contributed by atoms with Crippen LogP contribution in [0, 0.1) is 5.92 Å². The van der Waals surface area contributed by atoms with Crippen LogP contribution in [-0.4, -0.2) is 18.5 Å². The third kappa shape index (κ3) is 4.03. The van der Waals surface area contributed by atoms with Gasteiger partial charge in [-0.2, -0.15) is 0 Å². The van der Waals surface area contributed by atoms with Crippen LogP contribution in [0.5, 0.6) is 0 Å². The molecule has 88 valence electrons. The molecule has 1 atom stereocenters. The third-order valence-electron chi connectivity index (χ3n) is 2.59. The van der Waals surface area contributed by atoms with Gasteiger partial charge < -0.3 is 11.1 Å². The second-order valence-electron chi connectivity index (χ2n) is 4.31. The average molecular weight is 220 g/mol. The van der Waals surface area contributed by atoms with E-state index in [1.165, 1.54) is 5.56 Å². The highest BCUT2D eigenvalue weighted by molar-refractivity contribution is 5.80. The first kappa shape index (κ1) is 12.7. The van der Waals surface area contributed by atoms with Crippen molar-refractivity contribution in [1.82, 2.24) is 5.32 Å². The van der Waals surface area contributed by atoms with Crippen molar-refractivity contribution < 1.29 is 4.79 Å². The summed E-state index contributed by atoms with van der Waals surface area (Å²) >= 11 is 0. The molecular formula is C13H20N2O. The van der Waals surface area contributed by atoms with Crippen molar-refractivity contribution in [3.8, 4) is 0 Å². The molecule has 0 saturated heterocycles. The SMILES string of the molecule is CC(C)[C@H](NCCc1ccccc1)C(N)=O. The summed E-state index contributed by atoms with van der Waals surface area (Å²) in [5, 5.41) is 3.19. The van der Waals surface area contributed by atoms with Gasteiger partial charge in [0.2, 0.25) is 5.91 Å². The van der Waals surface area contributed by atoms with E-state index in [-0.39, 0.29) is 17.9 Å². The Morgan fingerprint density at radius 2 is 1.94 bits per heavy atom. The summed E-state index contributed by atoms with van der Waals surface area (Å²) in [5.41, 5.74) is 6.58. The molecular weight excluding hydrogens is 200 g/mol. The maximum Gasteiger partial charge on any atom is 0.234 e. The summed E-state index contributed by atoms with van der Waals surface area (Å²) in [6.45, 7) is 4.76. The summed E-state index contributed by atoms with van der Waals surface area (Å²) in [5.74, 6) is -0.0451. The third-order valence-corrected chi connectivity index (χ3v) is 2.59. The Morgan fingerprint density at radius 1 is 1.31 bits per heavy atom. The molecule has 0 fully saturated rings. The van der Waals surface area contributed by atoms with E-state index in [0.29, 0.717) is 0 Å². The predicted molar refractivity (Wildman–Crippen MR) is 66.0 cm³/mol. The fraction of sp³-hybridized carbons (Fsp3) is 0.462. The second kappa shape index (κ2) is 6.28. The van der Waals surface area contributed by atoms with Crippen LogP contribution in [0.15, 0.2) is 30.3 Å². The lowest BCUT2D eigenvalue weighted by atomic mass is 10.0.